The fraction of sp³-hybridized carbons (Fsp3) is 0.0169. The molecule has 0 saturated heterocycles. The molecule has 2 heteroatoms. The summed E-state index contributed by atoms with van der Waals surface area (Å²) in [6.07, 6.45) is 0. The molecule has 0 radical (unpaired) electrons. The molecule has 284 valence electrons. The smallest absolute Gasteiger partial charge is 0.0726 e. The van der Waals surface area contributed by atoms with Crippen LogP contribution in [0.3, 0.4) is 0 Å². The van der Waals surface area contributed by atoms with E-state index in [4.69, 9.17) is 0 Å². The van der Waals surface area contributed by atoms with E-state index in [1.54, 1.807) is 0 Å². The highest BCUT2D eigenvalue weighted by molar-refractivity contribution is 7.25. The molecule has 1 aromatic heterocycles. The molecule has 0 unspecified atom stereocenters. The molecule has 1 heterocycles. The molecule has 0 aliphatic heterocycles. The third kappa shape index (κ3) is 4.88. The van der Waals surface area contributed by atoms with Gasteiger partial charge in [-0.15, -0.1) is 11.3 Å². The zero-order valence-corrected chi connectivity index (χ0v) is 34.0. The summed E-state index contributed by atoms with van der Waals surface area (Å²) >= 11 is 1.87. The number of benzene rings is 10. The monoisotopic (exact) mass is 791 g/mol. The fourth-order valence-corrected chi connectivity index (χ4v) is 11.9. The Morgan fingerprint density at radius 1 is 0.328 bits per heavy atom. The van der Waals surface area contributed by atoms with Crippen molar-refractivity contribution in [1.29, 1.82) is 0 Å². The summed E-state index contributed by atoms with van der Waals surface area (Å²) in [7, 11) is 0. The highest BCUT2D eigenvalue weighted by Gasteiger charge is 2.51. The molecule has 2 aliphatic rings. The molecule has 1 nitrogen and oxygen atoms in total. The first-order valence-corrected chi connectivity index (χ1v) is 21.9. The van der Waals surface area contributed by atoms with Gasteiger partial charge in [-0.2, -0.15) is 0 Å². The van der Waals surface area contributed by atoms with Crippen LogP contribution in [0.1, 0.15) is 22.3 Å². The van der Waals surface area contributed by atoms with Crippen LogP contribution in [0.4, 0.5) is 17.1 Å². The summed E-state index contributed by atoms with van der Waals surface area (Å²) in [4.78, 5) is 2.50. The van der Waals surface area contributed by atoms with Crippen LogP contribution in [-0.4, -0.2) is 0 Å². The summed E-state index contributed by atoms with van der Waals surface area (Å²) < 4.78 is 2.61. The second-order valence-corrected chi connectivity index (χ2v) is 17.4. The van der Waals surface area contributed by atoms with Crippen molar-refractivity contribution >= 4 is 59.3 Å². The maximum atomic E-state index is 2.50. The van der Waals surface area contributed by atoms with Gasteiger partial charge in [0.2, 0.25) is 0 Å². The Hall–Kier alpha value is -7.52. The van der Waals surface area contributed by atoms with Gasteiger partial charge >= 0.3 is 0 Å². The summed E-state index contributed by atoms with van der Waals surface area (Å²) in [5.74, 6) is 0. The Morgan fingerprint density at radius 3 is 1.57 bits per heavy atom. The minimum absolute atomic E-state index is 0.445. The Balaban J connectivity index is 1.07. The van der Waals surface area contributed by atoms with Crippen molar-refractivity contribution in [1.82, 2.24) is 0 Å². The van der Waals surface area contributed by atoms with Crippen LogP contribution in [0, 0.1) is 0 Å². The quantitative estimate of drug-likeness (QED) is 0.168. The van der Waals surface area contributed by atoms with Crippen LogP contribution in [-0.2, 0) is 5.41 Å². The van der Waals surface area contributed by atoms with Crippen LogP contribution in [0.25, 0.3) is 75.5 Å². The van der Waals surface area contributed by atoms with Gasteiger partial charge < -0.3 is 4.90 Å². The van der Waals surface area contributed by atoms with Crippen molar-refractivity contribution in [3.05, 3.63) is 247 Å². The molecule has 1 spiro atoms. The molecule has 11 aromatic rings. The van der Waals surface area contributed by atoms with Crippen LogP contribution >= 0.6 is 11.3 Å². The molecule has 0 atom stereocenters. The van der Waals surface area contributed by atoms with Crippen LogP contribution in [0.5, 0.6) is 0 Å². The molecular formula is C59H37NS. The first kappa shape index (κ1) is 34.4. The van der Waals surface area contributed by atoms with Gasteiger partial charge in [-0.05, 0) is 114 Å². The average molecular weight is 792 g/mol. The molecule has 0 N–H and O–H groups in total. The lowest BCUT2D eigenvalue weighted by Crippen LogP contribution is -2.26. The fourth-order valence-electron chi connectivity index (χ4n) is 10.8. The molecule has 0 bridgehead atoms. The molecule has 0 fully saturated rings. The average Bonchev–Trinajstić information content (AvgIpc) is 3.96. The first-order valence-electron chi connectivity index (χ1n) is 21.1. The van der Waals surface area contributed by atoms with Crippen molar-refractivity contribution in [3.8, 4) is 44.5 Å². The third-order valence-electron chi connectivity index (χ3n) is 13.3. The largest absolute Gasteiger partial charge is 0.310 e. The maximum Gasteiger partial charge on any atom is 0.0726 e. The SMILES string of the molecule is c1ccc(N(c2ccc(-c3cccc4ccccc34)cc2)c2ccc3c(c2)C2(c4ccccc4-c4ccccc42)c2ccccc2-3)c(-c2cccc3sc4ccccc4c23)c1. The normalized spacial score (nSPS) is 13.0. The van der Waals surface area contributed by atoms with Crippen molar-refractivity contribution in [2.45, 2.75) is 5.41 Å². The maximum absolute atomic E-state index is 2.50. The number of hydrogen-bond acceptors (Lipinski definition) is 2. The van der Waals surface area contributed by atoms with Gasteiger partial charge in [-0.25, -0.2) is 0 Å². The lowest BCUT2D eigenvalue weighted by Gasteiger charge is -2.33. The number of anilines is 3. The van der Waals surface area contributed by atoms with E-state index in [1.165, 1.54) is 97.7 Å². The van der Waals surface area contributed by atoms with E-state index in [9.17, 15) is 0 Å². The Kier molecular flexibility index (Phi) is 7.46. The van der Waals surface area contributed by atoms with Crippen molar-refractivity contribution in [3.63, 3.8) is 0 Å². The van der Waals surface area contributed by atoms with Gasteiger partial charge in [0.15, 0.2) is 0 Å². The van der Waals surface area contributed by atoms with E-state index in [-0.39, 0.29) is 0 Å². The molecule has 10 aromatic carbocycles. The van der Waals surface area contributed by atoms with Gasteiger partial charge in [0.1, 0.15) is 0 Å². The predicted molar refractivity (Wildman–Crippen MR) is 259 cm³/mol. The van der Waals surface area contributed by atoms with E-state index in [1.807, 2.05) is 11.3 Å². The highest BCUT2D eigenvalue weighted by Crippen LogP contribution is 2.63. The minimum Gasteiger partial charge on any atom is -0.310 e. The van der Waals surface area contributed by atoms with Gasteiger partial charge in [-0.3, -0.25) is 0 Å². The van der Waals surface area contributed by atoms with Gasteiger partial charge in [0.25, 0.3) is 0 Å². The molecule has 2 aliphatic carbocycles. The second kappa shape index (κ2) is 13.2. The topological polar surface area (TPSA) is 3.24 Å². The summed E-state index contributed by atoms with van der Waals surface area (Å²) in [5.41, 5.74) is 18.4. The zero-order valence-electron chi connectivity index (χ0n) is 33.2. The number of nitrogens with zero attached hydrogens (tertiary/aromatic N) is 1. The van der Waals surface area contributed by atoms with E-state index < -0.39 is 5.41 Å². The van der Waals surface area contributed by atoms with Crippen LogP contribution in [0.2, 0.25) is 0 Å². The van der Waals surface area contributed by atoms with Crippen molar-refractivity contribution in [2.24, 2.45) is 0 Å². The third-order valence-corrected chi connectivity index (χ3v) is 14.4. The standard InChI is InChI=1S/C59H37NS/c1-2-17-42-38(15-1)16-13-23-43(42)39-31-33-40(34-32-39)60(55-28-11-6-21-48(55)49-24-14-30-57-58(49)50-22-7-12-29-56(50)61-57)41-35-36-47-46-20-5-10-27-53(46)59(54(47)37-41)51-25-8-3-18-44(51)45-19-4-9-26-52(45)59/h1-37H. The Morgan fingerprint density at radius 2 is 0.836 bits per heavy atom. The number of para-hydroxylation sites is 1. The lowest BCUT2D eigenvalue weighted by atomic mass is 9.70. The van der Waals surface area contributed by atoms with Crippen LogP contribution < -0.4 is 4.90 Å². The van der Waals surface area contributed by atoms with Crippen molar-refractivity contribution in [2.75, 3.05) is 4.90 Å². The van der Waals surface area contributed by atoms with Gasteiger partial charge in [0.05, 0.1) is 11.1 Å². The van der Waals surface area contributed by atoms with E-state index >= 15 is 0 Å². The summed E-state index contributed by atoms with van der Waals surface area (Å²) in [6, 6.07) is 83.6. The Bertz CT molecular complexity index is 3490. The molecule has 13 rings (SSSR count). The zero-order chi connectivity index (χ0) is 40.1. The van der Waals surface area contributed by atoms with E-state index in [0.717, 1.165) is 17.1 Å². The summed E-state index contributed by atoms with van der Waals surface area (Å²) in [6.45, 7) is 0. The Labute approximate surface area is 359 Å². The van der Waals surface area contributed by atoms with Gasteiger partial charge in [0, 0.05) is 37.1 Å². The molecule has 0 amide bonds. The first-order chi connectivity index (χ1) is 30.3. The lowest BCUT2D eigenvalue weighted by molar-refractivity contribution is 0.793. The number of rotatable bonds is 5. The van der Waals surface area contributed by atoms with E-state index in [2.05, 4.69) is 229 Å². The molecule has 0 saturated carbocycles. The molecular weight excluding hydrogens is 755 g/mol. The molecule has 61 heavy (non-hydrogen) atoms. The summed E-state index contributed by atoms with van der Waals surface area (Å²) in [5, 5.41) is 5.12. The van der Waals surface area contributed by atoms with Crippen LogP contribution in [0.15, 0.2) is 224 Å². The van der Waals surface area contributed by atoms with Gasteiger partial charge in [-0.1, -0.05) is 182 Å². The number of thiophene rings is 1. The van der Waals surface area contributed by atoms with Crippen molar-refractivity contribution < 1.29 is 0 Å². The number of hydrogen-bond donors (Lipinski definition) is 0. The second-order valence-electron chi connectivity index (χ2n) is 16.3. The predicted octanol–water partition coefficient (Wildman–Crippen LogP) is 16.4. The number of fused-ring (bicyclic) bond motifs is 14. The van der Waals surface area contributed by atoms with E-state index in [0.29, 0.717) is 0 Å². The highest BCUT2D eigenvalue weighted by atomic mass is 32.1. The minimum atomic E-state index is -0.445.